The molecule has 0 saturated carbocycles. The molecule has 0 aromatic rings. The Morgan fingerprint density at radius 2 is 2.14 bits per heavy atom. The van der Waals surface area contributed by atoms with E-state index in [4.69, 9.17) is 4.74 Å². The lowest BCUT2D eigenvalue weighted by molar-refractivity contribution is -0.122. The number of sulfone groups is 1. The molecule has 0 spiro atoms. The van der Waals surface area contributed by atoms with Crippen LogP contribution in [0.25, 0.3) is 0 Å². The van der Waals surface area contributed by atoms with Crippen LogP contribution in [0.5, 0.6) is 0 Å². The third-order valence-corrected chi connectivity index (χ3v) is 3.61. The Morgan fingerprint density at radius 3 is 2.59 bits per heavy atom. The molecule has 0 bridgehead atoms. The summed E-state index contributed by atoms with van der Waals surface area (Å²) >= 11 is 0. The highest BCUT2D eigenvalue weighted by Crippen LogP contribution is 2.17. The summed E-state index contributed by atoms with van der Waals surface area (Å²) in [6.07, 6.45) is 2.80. The van der Waals surface area contributed by atoms with Gasteiger partial charge in [-0.25, -0.2) is 13.2 Å². The van der Waals surface area contributed by atoms with E-state index in [2.05, 4.69) is 10.6 Å². The van der Waals surface area contributed by atoms with Crippen LogP contribution >= 0.6 is 0 Å². The summed E-state index contributed by atoms with van der Waals surface area (Å²) in [6.45, 7) is 5.80. The van der Waals surface area contributed by atoms with Crippen LogP contribution in [0.2, 0.25) is 0 Å². The van der Waals surface area contributed by atoms with E-state index in [-0.39, 0.29) is 11.8 Å². The van der Waals surface area contributed by atoms with Crippen LogP contribution in [0.15, 0.2) is 11.5 Å². The predicted molar refractivity (Wildman–Crippen MR) is 82.9 cm³/mol. The maximum atomic E-state index is 11.8. The second kappa shape index (κ2) is 7.13. The molecule has 1 unspecified atom stereocenters. The van der Waals surface area contributed by atoms with Gasteiger partial charge in [0.05, 0.1) is 6.04 Å². The normalized spacial score (nSPS) is 20.7. The Balaban J connectivity index is 2.75. The van der Waals surface area contributed by atoms with Crippen LogP contribution in [-0.2, 0) is 19.4 Å². The first-order valence-electron chi connectivity index (χ1n) is 7.12. The zero-order chi connectivity index (χ0) is 17.0. The van der Waals surface area contributed by atoms with Gasteiger partial charge in [-0.05, 0) is 33.6 Å². The Kier molecular flexibility index (Phi) is 5.99. The van der Waals surface area contributed by atoms with Gasteiger partial charge in [0.1, 0.15) is 5.60 Å². The van der Waals surface area contributed by atoms with E-state index >= 15 is 0 Å². The summed E-state index contributed by atoms with van der Waals surface area (Å²) in [5.74, 6) is -0.326. The molecule has 0 aliphatic carbocycles. The van der Waals surface area contributed by atoms with Crippen molar-refractivity contribution in [3.8, 4) is 0 Å². The number of alkyl carbamates (subject to hydrolysis) is 1. The van der Waals surface area contributed by atoms with Crippen molar-refractivity contribution in [2.75, 3.05) is 12.8 Å². The number of ether oxygens (including phenoxy) is 1. The number of nitrogens with one attached hydrogen (secondary N) is 2. The van der Waals surface area contributed by atoms with Gasteiger partial charge >= 0.3 is 6.09 Å². The fraction of sp³-hybridized carbons (Fsp3) is 0.714. The molecular weight excluding hydrogens is 308 g/mol. The largest absolute Gasteiger partial charge is 0.444 e. The maximum Gasteiger partial charge on any atom is 0.408 e. The molecule has 2 atom stereocenters. The van der Waals surface area contributed by atoms with Crippen LogP contribution in [0, 0.1) is 5.92 Å². The van der Waals surface area contributed by atoms with Crippen molar-refractivity contribution in [2.24, 2.45) is 5.92 Å². The summed E-state index contributed by atoms with van der Waals surface area (Å²) in [5.41, 5.74) is -0.653. The lowest BCUT2D eigenvalue weighted by Crippen LogP contribution is -2.40. The lowest BCUT2D eigenvalue weighted by atomic mass is 9.98. The van der Waals surface area contributed by atoms with Crippen LogP contribution in [0.1, 0.15) is 33.6 Å². The van der Waals surface area contributed by atoms with Gasteiger partial charge in [-0.1, -0.05) is 6.08 Å². The summed E-state index contributed by atoms with van der Waals surface area (Å²) < 4.78 is 27.6. The molecule has 2 amide bonds. The highest BCUT2D eigenvalue weighted by atomic mass is 32.2. The highest BCUT2D eigenvalue weighted by Gasteiger charge is 2.28. The molecule has 0 aromatic carbocycles. The molecule has 1 rings (SSSR count). The first-order chi connectivity index (χ1) is 9.96. The van der Waals surface area contributed by atoms with Gasteiger partial charge in [0.15, 0.2) is 9.84 Å². The van der Waals surface area contributed by atoms with E-state index < -0.39 is 27.6 Å². The Morgan fingerprint density at radius 1 is 1.50 bits per heavy atom. The summed E-state index contributed by atoms with van der Waals surface area (Å²) in [4.78, 5) is 23.5. The van der Waals surface area contributed by atoms with Gasteiger partial charge in [-0.15, -0.1) is 0 Å². The van der Waals surface area contributed by atoms with Crippen LogP contribution < -0.4 is 10.6 Å². The summed E-state index contributed by atoms with van der Waals surface area (Å²) in [5, 5.41) is 6.34. The standard InChI is InChI=1S/C14H24N2O5S/c1-14(2,3)21-13(18)16-11(6-8-22(4,19)20)9-10-5-7-15-12(10)17/h6,8,10-11H,5,7,9H2,1-4H3,(H,15,17)(H,16,18)/b8-6+/t10-,11?/m0/s1. The molecule has 2 N–H and O–H groups in total. The summed E-state index contributed by atoms with van der Waals surface area (Å²) in [6, 6.07) is -0.585. The minimum atomic E-state index is -3.31. The monoisotopic (exact) mass is 332 g/mol. The third kappa shape index (κ3) is 7.44. The number of hydrogen-bond donors (Lipinski definition) is 2. The van der Waals surface area contributed by atoms with Crippen molar-refractivity contribution in [3.05, 3.63) is 11.5 Å². The van der Waals surface area contributed by atoms with Crippen molar-refractivity contribution < 1.29 is 22.7 Å². The van der Waals surface area contributed by atoms with Crippen molar-refractivity contribution in [1.82, 2.24) is 10.6 Å². The molecule has 22 heavy (non-hydrogen) atoms. The van der Waals surface area contributed by atoms with Crippen LogP contribution in [0.3, 0.4) is 0 Å². The molecule has 7 nitrogen and oxygen atoms in total. The van der Waals surface area contributed by atoms with Gasteiger partial charge in [-0.2, -0.15) is 0 Å². The van der Waals surface area contributed by atoms with Crippen molar-refractivity contribution in [2.45, 2.75) is 45.3 Å². The second-order valence-electron chi connectivity index (χ2n) is 6.42. The number of carbonyl (C=O) groups is 2. The fourth-order valence-corrected chi connectivity index (χ4v) is 2.53. The van der Waals surface area contributed by atoms with E-state index in [1.807, 2.05) is 0 Å². The predicted octanol–water partition coefficient (Wildman–Crippen LogP) is 0.964. The van der Waals surface area contributed by atoms with E-state index in [1.54, 1.807) is 20.8 Å². The molecule has 8 heteroatoms. The van der Waals surface area contributed by atoms with Gasteiger partial charge < -0.3 is 15.4 Å². The molecule has 126 valence electrons. The van der Waals surface area contributed by atoms with Crippen LogP contribution in [0.4, 0.5) is 4.79 Å². The topological polar surface area (TPSA) is 102 Å². The minimum Gasteiger partial charge on any atom is -0.444 e. The smallest absolute Gasteiger partial charge is 0.408 e. The number of amides is 2. The zero-order valence-corrected chi connectivity index (χ0v) is 14.2. The van der Waals surface area contributed by atoms with Crippen molar-refractivity contribution in [3.63, 3.8) is 0 Å². The zero-order valence-electron chi connectivity index (χ0n) is 13.4. The SMILES string of the molecule is CC(C)(C)OC(=O)NC(/C=C/S(C)(=O)=O)C[C@@H]1CCNC1=O. The first kappa shape index (κ1) is 18.5. The molecular formula is C14H24N2O5S. The molecule has 1 aliphatic heterocycles. The molecule has 0 aromatic heterocycles. The van der Waals surface area contributed by atoms with E-state index in [9.17, 15) is 18.0 Å². The maximum absolute atomic E-state index is 11.8. The Bertz CT molecular complexity index is 548. The second-order valence-corrected chi connectivity index (χ2v) is 8.35. The summed E-state index contributed by atoms with van der Waals surface area (Å²) in [7, 11) is -3.31. The Hall–Kier alpha value is -1.57. The van der Waals surface area contributed by atoms with Gasteiger partial charge in [0.2, 0.25) is 5.91 Å². The number of hydrogen-bond acceptors (Lipinski definition) is 5. The van der Waals surface area contributed by atoms with Gasteiger partial charge in [0.25, 0.3) is 0 Å². The molecule has 1 heterocycles. The quantitative estimate of drug-likeness (QED) is 0.781. The average Bonchev–Trinajstić information content (AvgIpc) is 2.68. The fourth-order valence-electron chi connectivity index (χ4n) is 2.06. The van der Waals surface area contributed by atoms with E-state index in [1.165, 1.54) is 6.08 Å². The molecule has 0 radical (unpaired) electrons. The van der Waals surface area contributed by atoms with Gasteiger partial charge in [-0.3, -0.25) is 4.79 Å². The van der Waals surface area contributed by atoms with E-state index in [0.717, 1.165) is 11.7 Å². The lowest BCUT2D eigenvalue weighted by Gasteiger charge is -2.23. The first-order valence-corrected chi connectivity index (χ1v) is 9.07. The highest BCUT2D eigenvalue weighted by molar-refractivity contribution is 7.93. The molecule has 1 fully saturated rings. The minimum absolute atomic E-state index is 0.0799. The average molecular weight is 332 g/mol. The molecule has 1 saturated heterocycles. The van der Waals surface area contributed by atoms with E-state index in [0.29, 0.717) is 19.4 Å². The number of rotatable bonds is 5. The van der Waals surface area contributed by atoms with Gasteiger partial charge in [0, 0.05) is 24.1 Å². The molecule has 1 aliphatic rings. The Labute approximate surface area is 131 Å². The van der Waals surface area contributed by atoms with Crippen molar-refractivity contribution >= 4 is 21.8 Å². The van der Waals surface area contributed by atoms with Crippen LogP contribution in [-0.4, -0.2) is 44.9 Å². The third-order valence-electron chi connectivity index (χ3n) is 2.96. The van der Waals surface area contributed by atoms with Crippen molar-refractivity contribution in [1.29, 1.82) is 0 Å². The number of carbonyl (C=O) groups excluding carboxylic acids is 2.